The average molecular weight is 199 g/mol. The van der Waals surface area contributed by atoms with E-state index in [1.807, 2.05) is 0 Å². The molecule has 0 heterocycles. The van der Waals surface area contributed by atoms with Gasteiger partial charge in [0.2, 0.25) is 0 Å². The number of amidine groups is 1. The van der Waals surface area contributed by atoms with E-state index in [2.05, 4.69) is 10.4 Å². The first-order valence-corrected chi connectivity index (χ1v) is 5.35. The molecule has 0 aromatic carbocycles. The van der Waals surface area contributed by atoms with Gasteiger partial charge in [-0.05, 0) is 5.92 Å². The number of hydrazine groups is 1. The Bertz CT molecular complexity index is 176. The van der Waals surface area contributed by atoms with Gasteiger partial charge in [-0.1, -0.05) is 25.7 Å². The molecule has 3 N–H and O–H groups in total. The summed E-state index contributed by atoms with van der Waals surface area (Å²) in [5.74, 6) is 7.12. The van der Waals surface area contributed by atoms with Crippen LogP contribution in [-0.4, -0.2) is 26.1 Å². The van der Waals surface area contributed by atoms with Gasteiger partial charge in [0.05, 0.1) is 13.2 Å². The third kappa shape index (κ3) is 4.07. The van der Waals surface area contributed by atoms with Gasteiger partial charge in [-0.25, -0.2) is 5.84 Å². The zero-order valence-corrected chi connectivity index (χ0v) is 8.96. The molecule has 0 aliphatic heterocycles. The fourth-order valence-corrected chi connectivity index (χ4v) is 1.93. The number of ether oxygens (including phenoxy) is 1. The lowest BCUT2D eigenvalue weighted by Gasteiger charge is -2.10. The van der Waals surface area contributed by atoms with E-state index in [4.69, 9.17) is 10.6 Å². The molecule has 1 aliphatic rings. The van der Waals surface area contributed by atoms with Crippen LogP contribution in [-0.2, 0) is 4.74 Å². The number of nitrogens with two attached hydrogens (primary N) is 1. The Morgan fingerprint density at radius 3 is 2.79 bits per heavy atom. The maximum absolute atomic E-state index is 5.41. The standard InChI is InChI=1S/C10H21N3O/c1-14-7-6-12-10(13-11)8-9-4-2-3-5-9/h9H,2-8,11H2,1H3,(H,12,13). The zero-order chi connectivity index (χ0) is 10.2. The number of hydrogen-bond donors (Lipinski definition) is 2. The van der Waals surface area contributed by atoms with Crippen LogP contribution < -0.4 is 11.3 Å². The molecular weight excluding hydrogens is 178 g/mol. The van der Waals surface area contributed by atoms with Gasteiger partial charge < -0.3 is 10.2 Å². The van der Waals surface area contributed by atoms with Crippen LogP contribution in [0.5, 0.6) is 0 Å². The van der Waals surface area contributed by atoms with Crippen molar-refractivity contribution in [3.05, 3.63) is 0 Å². The SMILES string of the molecule is COCCN=C(CC1CCCC1)NN. The molecule has 0 aromatic heterocycles. The monoisotopic (exact) mass is 199 g/mol. The normalized spacial score (nSPS) is 18.9. The van der Waals surface area contributed by atoms with Crippen molar-refractivity contribution in [1.29, 1.82) is 0 Å². The lowest BCUT2D eigenvalue weighted by atomic mass is 10.0. The second-order valence-electron chi connectivity index (χ2n) is 3.82. The molecule has 82 valence electrons. The second-order valence-corrected chi connectivity index (χ2v) is 3.82. The molecule has 1 aliphatic carbocycles. The Kier molecular flexibility index (Phi) is 5.56. The predicted octanol–water partition coefficient (Wildman–Crippen LogP) is 1.07. The molecule has 14 heavy (non-hydrogen) atoms. The van der Waals surface area contributed by atoms with E-state index in [9.17, 15) is 0 Å². The van der Waals surface area contributed by atoms with E-state index < -0.39 is 0 Å². The van der Waals surface area contributed by atoms with E-state index in [-0.39, 0.29) is 0 Å². The summed E-state index contributed by atoms with van der Waals surface area (Å²) in [6, 6.07) is 0. The van der Waals surface area contributed by atoms with Crippen LogP contribution in [0.3, 0.4) is 0 Å². The molecule has 0 bridgehead atoms. The number of aliphatic imine (C=N–C) groups is 1. The number of rotatable bonds is 5. The van der Waals surface area contributed by atoms with Gasteiger partial charge in [0.1, 0.15) is 5.84 Å². The molecule has 0 amide bonds. The first kappa shape index (κ1) is 11.5. The van der Waals surface area contributed by atoms with Crippen LogP contribution in [0.1, 0.15) is 32.1 Å². The second kappa shape index (κ2) is 6.79. The van der Waals surface area contributed by atoms with Crippen molar-refractivity contribution in [3.8, 4) is 0 Å². The summed E-state index contributed by atoms with van der Waals surface area (Å²) >= 11 is 0. The largest absolute Gasteiger partial charge is 0.383 e. The average Bonchev–Trinajstić information content (AvgIpc) is 2.69. The Morgan fingerprint density at radius 1 is 1.50 bits per heavy atom. The molecule has 0 saturated heterocycles. The van der Waals surface area contributed by atoms with Gasteiger partial charge in [-0.3, -0.25) is 4.99 Å². The van der Waals surface area contributed by atoms with Crippen molar-refractivity contribution in [2.45, 2.75) is 32.1 Å². The van der Waals surface area contributed by atoms with Crippen LogP contribution in [0, 0.1) is 5.92 Å². The molecule has 0 aromatic rings. The molecule has 4 nitrogen and oxygen atoms in total. The van der Waals surface area contributed by atoms with Crippen molar-refractivity contribution < 1.29 is 4.74 Å². The third-order valence-electron chi connectivity index (χ3n) is 2.72. The topological polar surface area (TPSA) is 59.6 Å². The Labute approximate surface area is 85.9 Å². The highest BCUT2D eigenvalue weighted by molar-refractivity contribution is 5.81. The third-order valence-corrected chi connectivity index (χ3v) is 2.72. The van der Waals surface area contributed by atoms with Crippen molar-refractivity contribution in [2.24, 2.45) is 16.8 Å². The highest BCUT2D eigenvalue weighted by atomic mass is 16.5. The lowest BCUT2D eigenvalue weighted by Crippen LogP contribution is -2.32. The highest BCUT2D eigenvalue weighted by Gasteiger charge is 2.16. The van der Waals surface area contributed by atoms with E-state index in [0.29, 0.717) is 13.2 Å². The molecule has 4 heteroatoms. The summed E-state index contributed by atoms with van der Waals surface area (Å²) in [6.45, 7) is 1.36. The summed E-state index contributed by atoms with van der Waals surface area (Å²) in [5.41, 5.74) is 2.68. The summed E-state index contributed by atoms with van der Waals surface area (Å²) in [7, 11) is 1.68. The summed E-state index contributed by atoms with van der Waals surface area (Å²) in [6.07, 6.45) is 6.37. The Balaban J connectivity index is 2.25. The number of nitrogens with zero attached hydrogens (tertiary/aromatic N) is 1. The van der Waals surface area contributed by atoms with Crippen LogP contribution in [0.2, 0.25) is 0 Å². The van der Waals surface area contributed by atoms with E-state index in [0.717, 1.165) is 18.2 Å². The summed E-state index contributed by atoms with van der Waals surface area (Å²) in [4.78, 5) is 4.35. The highest BCUT2D eigenvalue weighted by Crippen LogP contribution is 2.27. The summed E-state index contributed by atoms with van der Waals surface area (Å²) < 4.78 is 4.93. The smallest absolute Gasteiger partial charge is 0.111 e. The Hall–Kier alpha value is -0.610. The van der Waals surface area contributed by atoms with Crippen molar-refractivity contribution in [1.82, 2.24) is 5.43 Å². The van der Waals surface area contributed by atoms with E-state index in [1.54, 1.807) is 7.11 Å². The van der Waals surface area contributed by atoms with E-state index >= 15 is 0 Å². The van der Waals surface area contributed by atoms with Gasteiger partial charge in [-0.15, -0.1) is 0 Å². The predicted molar refractivity (Wildman–Crippen MR) is 58.1 cm³/mol. The maximum atomic E-state index is 5.41. The maximum Gasteiger partial charge on any atom is 0.111 e. The molecule has 1 fully saturated rings. The van der Waals surface area contributed by atoms with Crippen molar-refractivity contribution in [2.75, 3.05) is 20.3 Å². The van der Waals surface area contributed by atoms with Gasteiger partial charge in [-0.2, -0.15) is 0 Å². The van der Waals surface area contributed by atoms with Gasteiger partial charge in [0.25, 0.3) is 0 Å². The molecule has 0 radical (unpaired) electrons. The van der Waals surface area contributed by atoms with Gasteiger partial charge >= 0.3 is 0 Å². The minimum Gasteiger partial charge on any atom is -0.383 e. The van der Waals surface area contributed by atoms with Crippen LogP contribution in [0.4, 0.5) is 0 Å². The number of hydrogen-bond acceptors (Lipinski definition) is 3. The fourth-order valence-electron chi connectivity index (χ4n) is 1.93. The minimum absolute atomic E-state index is 0.663. The molecule has 0 atom stereocenters. The van der Waals surface area contributed by atoms with E-state index in [1.165, 1.54) is 25.7 Å². The molecule has 1 rings (SSSR count). The minimum atomic E-state index is 0.663. The van der Waals surface area contributed by atoms with Crippen LogP contribution >= 0.6 is 0 Å². The zero-order valence-electron chi connectivity index (χ0n) is 8.96. The van der Waals surface area contributed by atoms with Crippen molar-refractivity contribution >= 4 is 5.84 Å². The molecule has 0 unspecified atom stereocenters. The number of nitrogens with one attached hydrogen (secondary N) is 1. The fraction of sp³-hybridized carbons (Fsp3) is 0.900. The molecular formula is C10H21N3O. The quantitative estimate of drug-likeness (QED) is 0.229. The van der Waals surface area contributed by atoms with Crippen molar-refractivity contribution in [3.63, 3.8) is 0 Å². The van der Waals surface area contributed by atoms with Crippen LogP contribution in [0.25, 0.3) is 0 Å². The summed E-state index contributed by atoms with van der Waals surface area (Å²) in [5, 5.41) is 0. The first-order chi connectivity index (χ1) is 6.86. The first-order valence-electron chi connectivity index (χ1n) is 5.35. The van der Waals surface area contributed by atoms with Gasteiger partial charge in [0.15, 0.2) is 0 Å². The lowest BCUT2D eigenvalue weighted by molar-refractivity contribution is 0.208. The molecule has 1 saturated carbocycles. The van der Waals surface area contributed by atoms with Crippen LogP contribution in [0.15, 0.2) is 4.99 Å². The Morgan fingerprint density at radius 2 is 2.21 bits per heavy atom. The molecule has 0 spiro atoms. The number of methoxy groups -OCH3 is 1. The van der Waals surface area contributed by atoms with Gasteiger partial charge in [0, 0.05) is 13.5 Å².